The predicted molar refractivity (Wildman–Crippen MR) is 113 cm³/mol. The van der Waals surface area contributed by atoms with Crippen molar-refractivity contribution in [2.24, 2.45) is 0 Å². The van der Waals surface area contributed by atoms with Gasteiger partial charge in [-0.2, -0.15) is 0 Å². The van der Waals surface area contributed by atoms with Crippen LogP contribution in [0.25, 0.3) is 0 Å². The summed E-state index contributed by atoms with van der Waals surface area (Å²) in [5, 5.41) is 3.11. The summed E-state index contributed by atoms with van der Waals surface area (Å²) in [6, 6.07) is 13.3. The molecule has 8 heteroatoms. The lowest BCUT2D eigenvalue weighted by Gasteiger charge is -2.34. The number of sulfone groups is 1. The molecule has 0 radical (unpaired) electrons. The Kier molecular flexibility index (Phi) is 6.99. The van der Waals surface area contributed by atoms with Crippen LogP contribution in [0.1, 0.15) is 26.7 Å². The van der Waals surface area contributed by atoms with Crippen molar-refractivity contribution < 1.29 is 27.4 Å². The summed E-state index contributed by atoms with van der Waals surface area (Å²) in [5.41, 5.74) is 0. The maximum Gasteiger partial charge on any atom is 0.327 e. The summed E-state index contributed by atoms with van der Waals surface area (Å²) in [4.78, 5) is 12.7. The molecule has 1 aliphatic rings. The largest absolute Gasteiger partial charge is 0.494 e. The van der Waals surface area contributed by atoms with E-state index in [9.17, 15) is 13.2 Å². The summed E-state index contributed by atoms with van der Waals surface area (Å²) in [6.45, 7) is 5.19. The van der Waals surface area contributed by atoms with Crippen LogP contribution >= 0.6 is 0 Å². The summed E-state index contributed by atoms with van der Waals surface area (Å²) in [5.74, 6) is 1.17. The van der Waals surface area contributed by atoms with E-state index in [0.29, 0.717) is 31.2 Å². The lowest BCUT2D eigenvalue weighted by Crippen LogP contribution is -2.54. The summed E-state index contributed by atoms with van der Waals surface area (Å²) >= 11 is 0. The van der Waals surface area contributed by atoms with Gasteiger partial charge in [-0.3, -0.25) is 4.79 Å². The molecule has 0 unspecified atom stereocenters. The number of carbonyl (C=O) groups excluding carboxylic acids is 1. The Labute approximate surface area is 177 Å². The fourth-order valence-corrected chi connectivity index (χ4v) is 5.46. The standard InChI is InChI=1S/C22H27NO6S/c1-3-27-17-5-7-18(8-6-17)29-19-9-11-20(12-10-19)30(25,26)22(21(24)28-4-2)13-15-23-16-14-22/h5-12,23H,3-4,13-16H2,1-2H3. The van der Waals surface area contributed by atoms with Crippen molar-refractivity contribution in [1.82, 2.24) is 5.32 Å². The van der Waals surface area contributed by atoms with Crippen LogP contribution in [-0.2, 0) is 19.4 Å². The van der Waals surface area contributed by atoms with E-state index in [1.807, 2.05) is 6.92 Å². The van der Waals surface area contributed by atoms with Crippen molar-refractivity contribution in [1.29, 1.82) is 0 Å². The Hall–Kier alpha value is -2.58. The van der Waals surface area contributed by atoms with Crippen LogP contribution in [0.2, 0.25) is 0 Å². The van der Waals surface area contributed by atoms with E-state index < -0.39 is 20.6 Å². The average Bonchev–Trinajstić information content (AvgIpc) is 2.76. The molecule has 162 valence electrons. The van der Waals surface area contributed by atoms with Gasteiger partial charge in [-0.1, -0.05) is 0 Å². The summed E-state index contributed by atoms with van der Waals surface area (Å²) in [6.07, 6.45) is 0.358. The minimum atomic E-state index is -3.93. The molecule has 3 rings (SSSR count). The fraction of sp³-hybridized carbons (Fsp3) is 0.409. The number of hydrogen-bond donors (Lipinski definition) is 1. The van der Waals surface area contributed by atoms with Gasteiger partial charge in [0.15, 0.2) is 14.6 Å². The first-order chi connectivity index (χ1) is 14.4. The van der Waals surface area contributed by atoms with Gasteiger partial charge in [0.25, 0.3) is 0 Å². The number of ether oxygens (including phenoxy) is 3. The Morgan fingerprint density at radius 1 is 0.900 bits per heavy atom. The van der Waals surface area contributed by atoms with Crippen LogP contribution < -0.4 is 14.8 Å². The lowest BCUT2D eigenvalue weighted by atomic mass is 9.97. The number of hydrogen-bond acceptors (Lipinski definition) is 7. The molecule has 1 N–H and O–H groups in total. The highest BCUT2D eigenvalue weighted by atomic mass is 32.2. The van der Waals surface area contributed by atoms with Crippen molar-refractivity contribution in [3.05, 3.63) is 48.5 Å². The number of rotatable bonds is 8. The van der Waals surface area contributed by atoms with Gasteiger partial charge in [0.2, 0.25) is 0 Å². The third-order valence-electron chi connectivity index (χ3n) is 5.08. The maximum atomic E-state index is 13.4. The normalized spacial score (nSPS) is 15.9. The molecular formula is C22H27NO6S. The average molecular weight is 434 g/mol. The van der Waals surface area contributed by atoms with Crippen LogP contribution in [0.5, 0.6) is 17.2 Å². The van der Waals surface area contributed by atoms with Gasteiger partial charge < -0.3 is 19.5 Å². The molecule has 2 aromatic rings. The van der Waals surface area contributed by atoms with Crippen molar-refractivity contribution >= 4 is 15.8 Å². The Bertz CT molecular complexity index is 948. The zero-order valence-corrected chi connectivity index (χ0v) is 18.0. The first-order valence-corrected chi connectivity index (χ1v) is 11.5. The van der Waals surface area contributed by atoms with E-state index in [2.05, 4.69) is 5.32 Å². The molecule has 0 amide bonds. The summed E-state index contributed by atoms with van der Waals surface area (Å²) < 4.78 is 41.6. The second-order valence-electron chi connectivity index (χ2n) is 6.95. The van der Waals surface area contributed by atoms with Gasteiger partial charge in [-0.25, -0.2) is 8.42 Å². The van der Waals surface area contributed by atoms with Crippen LogP contribution in [0, 0.1) is 0 Å². The lowest BCUT2D eigenvalue weighted by molar-refractivity contribution is -0.147. The van der Waals surface area contributed by atoms with E-state index in [1.165, 1.54) is 12.1 Å². The zero-order chi connectivity index (χ0) is 21.6. The van der Waals surface area contributed by atoms with Gasteiger partial charge >= 0.3 is 5.97 Å². The molecule has 0 saturated carbocycles. The molecule has 0 spiro atoms. The van der Waals surface area contributed by atoms with Crippen LogP contribution in [-0.4, -0.2) is 45.4 Å². The molecule has 2 aromatic carbocycles. The highest BCUT2D eigenvalue weighted by Gasteiger charge is 2.53. The molecule has 0 aromatic heterocycles. The number of carbonyl (C=O) groups is 1. The molecule has 0 aliphatic carbocycles. The van der Waals surface area contributed by atoms with Gasteiger partial charge in [-0.15, -0.1) is 0 Å². The van der Waals surface area contributed by atoms with E-state index >= 15 is 0 Å². The molecule has 0 bridgehead atoms. The maximum absolute atomic E-state index is 13.4. The second kappa shape index (κ2) is 9.49. The number of nitrogens with one attached hydrogen (secondary N) is 1. The van der Waals surface area contributed by atoms with Gasteiger partial charge in [0.05, 0.1) is 18.1 Å². The van der Waals surface area contributed by atoms with Crippen LogP contribution in [0.15, 0.2) is 53.4 Å². The Morgan fingerprint density at radius 3 is 1.97 bits per heavy atom. The molecule has 30 heavy (non-hydrogen) atoms. The van der Waals surface area contributed by atoms with E-state index in [4.69, 9.17) is 14.2 Å². The van der Waals surface area contributed by atoms with Crippen molar-refractivity contribution in [2.75, 3.05) is 26.3 Å². The second-order valence-corrected chi connectivity index (χ2v) is 9.21. The van der Waals surface area contributed by atoms with Crippen LogP contribution in [0.4, 0.5) is 0 Å². The first kappa shape index (κ1) is 22.1. The van der Waals surface area contributed by atoms with Crippen molar-refractivity contribution in [2.45, 2.75) is 36.3 Å². The topological polar surface area (TPSA) is 90.9 Å². The third kappa shape index (κ3) is 4.44. The highest BCUT2D eigenvalue weighted by Crippen LogP contribution is 2.36. The summed E-state index contributed by atoms with van der Waals surface area (Å²) in [7, 11) is -3.93. The molecule has 1 heterocycles. The Balaban J connectivity index is 1.81. The molecule has 1 fully saturated rings. The third-order valence-corrected chi connectivity index (χ3v) is 7.57. The number of benzene rings is 2. The minimum Gasteiger partial charge on any atom is -0.494 e. The van der Waals surface area contributed by atoms with Gasteiger partial charge in [0, 0.05) is 0 Å². The Morgan fingerprint density at radius 2 is 1.43 bits per heavy atom. The molecule has 7 nitrogen and oxygen atoms in total. The molecule has 1 saturated heterocycles. The fourth-order valence-electron chi connectivity index (χ4n) is 3.49. The number of esters is 1. The molecule has 0 atom stereocenters. The highest BCUT2D eigenvalue weighted by molar-refractivity contribution is 7.93. The first-order valence-electron chi connectivity index (χ1n) is 10.1. The van der Waals surface area contributed by atoms with Gasteiger partial charge in [0.1, 0.15) is 17.2 Å². The molecule has 1 aliphatic heterocycles. The van der Waals surface area contributed by atoms with E-state index in [-0.39, 0.29) is 24.3 Å². The minimum absolute atomic E-state index is 0.0801. The smallest absolute Gasteiger partial charge is 0.327 e. The zero-order valence-electron chi connectivity index (χ0n) is 17.2. The van der Waals surface area contributed by atoms with Gasteiger partial charge in [-0.05, 0) is 88.3 Å². The van der Waals surface area contributed by atoms with E-state index in [0.717, 1.165) is 5.75 Å². The van der Waals surface area contributed by atoms with Crippen molar-refractivity contribution in [3.8, 4) is 17.2 Å². The molecular weight excluding hydrogens is 406 g/mol. The quantitative estimate of drug-likeness (QED) is 0.639. The monoisotopic (exact) mass is 433 g/mol. The van der Waals surface area contributed by atoms with Crippen molar-refractivity contribution in [3.63, 3.8) is 0 Å². The predicted octanol–water partition coefficient (Wildman–Crippen LogP) is 3.34. The van der Waals surface area contributed by atoms with E-state index in [1.54, 1.807) is 43.3 Å². The van der Waals surface area contributed by atoms with Crippen LogP contribution in [0.3, 0.4) is 0 Å². The number of piperidine rings is 1. The SMILES string of the molecule is CCOC(=O)C1(S(=O)(=O)c2ccc(Oc3ccc(OCC)cc3)cc2)CCNCC1.